The smallest absolute Gasteiger partial charge is 0.267 e. The molecule has 2 amide bonds. The van der Waals surface area contributed by atoms with Crippen molar-refractivity contribution in [1.29, 1.82) is 0 Å². The zero-order valence-electron chi connectivity index (χ0n) is 11.0. The highest BCUT2D eigenvalue weighted by molar-refractivity contribution is 6.40. The van der Waals surface area contributed by atoms with Crippen molar-refractivity contribution in [2.45, 2.75) is 31.3 Å². The number of benzene rings is 1. The van der Waals surface area contributed by atoms with Gasteiger partial charge in [-0.15, -0.1) is 0 Å². The third-order valence-corrected chi connectivity index (χ3v) is 3.43. The fourth-order valence-corrected chi connectivity index (χ4v) is 2.18. The van der Waals surface area contributed by atoms with Crippen LogP contribution in [0.2, 0.25) is 0 Å². The predicted octanol–water partition coefficient (Wildman–Crippen LogP) is 0.385. The Morgan fingerprint density at radius 2 is 1.95 bits per heavy atom. The van der Waals surface area contributed by atoms with Gasteiger partial charge < -0.3 is 11.1 Å². The Bertz CT molecular complexity index is 566. The van der Waals surface area contributed by atoms with Crippen molar-refractivity contribution in [1.82, 2.24) is 5.32 Å². The van der Waals surface area contributed by atoms with Crippen molar-refractivity contribution in [2.24, 2.45) is 10.8 Å². The summed E-state index contributed by atoms with van der Waals surface area (Å²) in [6, 6.07) is 8.92. The molecule has 0 saturated heterocycles. The van der Waals surface area contributed by atoms with Gasteiger partial charge in [0.15, 0.2) is 0 Å². The number of amides is 2. The van der Waals surface area contributed by atoms with Crippen molar-refractivity contribution in [3.05, 3.63) is 30.3 Å². The quantitative estimate of drug-likeness (QED) is 0.831. The number of nitrogens with two attached hydrogens (primary N) is 1. The van der Waals surface area contributed by atoms with Crippen LogP contribution in [-0.4, -0.2) is 29.6 Å². The van der Waals surface area contributed by atoms with Crippen LogP contribution in [-0.2, 0) is 9.59 Å². The topological polar surface area (TPSA) is 87.8 Å². The number of carbonyl (C=O) groups is 2. The molecule has 0 bridgehead atoms. The van der Waals surface area contributed by atoms with E-state index >= 15 is 0 Å². The minimum Gasteiger partial charge on any atom is -0.368 e. The first-order valence-corrected chi connectivity index (χ1v) is 6.67. The van der Waals surface area contributed by atoms with Gasteiger partial charge in [-0.3, -0.25) is 14.6 Å². The summed E-state index contributed by atoms with van der Waals surface area (Å²) in [5.41, 5.74) is 6.54. The number of nitrogens with one attached hydrogen (secondary N) is 1. The molecule has 2 aliphatic rings. The molecule has 0 aromatic heterocycles. The minimum absolute atomic E-state index is 0.197. The standard InChI is InChI=1S/C14H16N4O2/c15-13(19)12-8-11(14(20)16-9-6-7-9)17-18(12)10-4-2-1-3-5-10/h1-5,9,12H,6-8H2,(H2,15,19)(H,16,20). The van der Waals surface area contributed by atoms with Crippen LogP contribution in [0.25, 0.3) is 0 Å². The molecule has 104 valence electrons. The number of hydrogen-bond acceptors (Lipinski definition) is 4. The summed E-state index contributed by atoms with van der Waals surface area (Å²) in [4.78, 5) is 23.6. The molecule has 1 aromatic rings. The predicted molar refractivity (Wildman–Crippen MR) is 75.1 cm³/mol. The van der Waals surface area contributed by atoms with E-state index in [1.54, 1.807) is 0 Å². The first-order chi connectivity index (χ1) is 9.65. The van der Waals surface area contributed by atoms with Crippen LogP contribution in [0.15, 0.2) is 35.4 Å². The van der Waals surface area contributed by atoms with Gasteiger partial charge >= 0.3 is 0 Å². The molecular weight excluding hydrogens is 256 g/mol. The fraction of sp³-hybridized carbons (Fsp3) is 0.357. The summed E-state index contributed by atoms with van der Waals surface area (Å²) in [6.07, 6.45) is 2.28. The van der Waals surface area contributed by atoms with Crippen LogP contribution in [0.3, 0.4) is 0 Å². The van der Waals surface area contributed by atoms with Gasteiger partial charge in [0.05, 0.1) is 5.69 Å². The largest absolute Gasteiger partial charge is 0.368 e. The van der Waals surface area contributed by atoms with E-state index in [1.807, 2.05) is 30.3 Å². The van der Waals surface area contributed by atoms with E-state index in [0.29, 0.717) is 5.71 Å². The van der Waals surface area contributed by atoms with Gasteiger partial charge in [0, 0.05) is 12.5 Å². The van der Waals surface area contributed by atoms with Gasteiger partial charge in [0.1, 0.15) is 11.8 Å². The summed E-state index contributed by atoms with van der Waals surface area (Å²) in [7, 11) is 0. The monoisotopic (exact) mass is 272 g/mol. The lowest BCUT2D eigenvalue weighted by molar-refractivity contribution is -0.119. The lowest BCUT2D eigenvalue weighted by atomic mass is 10.1. The van der Waals surface area contributed by atoms with E-state index in [4.69, 9.17) is 5.73 Å². The van der Waals surface area contributed by atoms with Crippen LogP contribution in [0, 0.1) is 0 Å². The first-order valence-electron chi connectivity index (χ1n) is 6.67. The van der Waals surface area contributed by atoms with Crippen molar-refractivity contribution in [3.63, 3.8) is 0 Å². The molecule has 1 aliphatic carbocycles. The molecule has 1 aliphatic heterocycles. The molecule has 6 heteroatoms. The fourth-order valence-electron chi connectivity index (χ4n) is 2.18. The van der Waals surface area contributed by atoms with E-state index in [2.05, 4.69) is 10.4 Å². The van der Waals surface area contributed by atoms with Gasteiger partial charge in [-0.05, 0) is 25.0 Å². The van der Waals surface area contributed by atoms with Crippen LogP contribution in [0.1, 0.15) is 19.3 Å². The summed E-state index contributed by atoms with van der Waals surface area (Å²) >= 11 is 0. The van der Waals surface area contributed by atoms with Gasteiger partial charge in [-0.1, -0.05) is 18.2 Å². The highest BCUT2D eigenvalue weighted by Gasteiger charge is 2.36. The molecule has 3 N–H and O–H groups in total. The number of rotatable bonds is 4. The second kappa shape index (κ2) is 4.96. The number of nitrogens with zero attached hydrogens (tertiary/aromatic N) is 2. The SMILES string of the molecule is NC(=O)C1CC(C(=O)NC2CC2)=NN1c1ccccc1. The Morgan fingerprint density at radius 3 is 2.55 bits per heavy atom. The molecule has 1 fully saturated rings. The molecule has 1 unspecified atom stereocenters. The van der Waals surface area contributed by atoms with E-state index in [0.717, 1.165) is 18.5 Å². The first kappa shape index (κ1) is 12.7. The van der Waals surface area contributed by atoms with Crippen molar-refractivity contribution >= 4 is 23.2 Å². The molecule has 0 radical (unpaired) electrons. The van der Waals surface area contributed by atoms with Gasteiger partial charge in [-0.2, -0.15) is 5.10 Å². The molecule has 1 aromatic carbocycles. The van der Waals surface area contributed by atoms with E-state index in [1.165, 1.54) is 5.01 Å². The molecule has 20 heavy (non-hydrogen) atoms. The normalized spacial score (nSPS) is 21.5. The Hall–Kier alpha value is -2.37. The van der Waals surface area contributed by atoms with E-state index < -0.39 is 11.9 Å². The highest BCUT2D eigenvalue weighted by Crippen LogP contribution is 2.25. The molecule has 1 heterocycles. The van der Waals surface area contributed by atoms with Gasteiger partial charge in [0.25, 0.3) is 5.91 Å². The maximum atomic E-state index is 12.0. The number of hydrazone groups is 1. The third kappa shape index (κ3) is 2.49. The molecule has 1 atom stereocenters. The van der Waals surface area contributed by atoms with Crippen LogP contribution in [0.5, 0.6) is 0 Å². The van der Waals surface area contributed by atoms with Crippen molar-refractivity contribution in [2.75, 3.05) is 5.01 Å². The number of hydrogen-bond donors (Lipinski definition) is 2. The Labute approximate surface area is 116 Å². The molecule has 0 spiro atoms. The zero-order valence-corrected chi connectivity index (χ0v) is 11.0. The van der Waals surface area contributed by atoms with Crippen molar-refractivity contribution in [3.8, 4) is 0 Å². The van der Waals surface area contributed by atoms with Crippen LogP contribution >= 0.6 is 0 Å². The van der Waals surface area contributed by atoms with Gasteiger partial charge in [0.2, 0.25) is 5.91 Å². The maximum Gasteiger partial charge on any atom is 0.267 e. The maximum absolute atomic E-state index is 12.0. The number of para-hydroxylation sites is 1. The van der Waals surface area contributed by atoms with E-state index in [-0.39, 0.29) is 18.4 Å². The zero-order chi connectivity index (χ0) is 14.1. The number of primary amides is 1. The summed E-state index contributed by atoms with van der Waals surface area (Å²) in [6.45, 7) is 0. The lowest BCUT2D eigenvalue weighted by Crippen LogP contribution is -2.40. The second-order valence-corrected chi connectivity index (χ2v) is 5.10. The van der Waals surface area contributed by atoms with E-state index in [9.17, 15) is 9.59 Å². The molecule has 1 saturated carbocycles. The Morgan fingerprint density at radius 1 is 1.25 bits per heavy atom. The molecule has 3 rings (SSSR count). The third-order valence-electron chi connectivity index (χ3n) is 3.43. The average molecular weight is 272 g/mol. The van der Waals surface area contributed by atoms with Gasteiger partial charge in [-0.25, -0.2) is 0 Å². The molecular formula is C14H16N4O2. The lowest BCUT2D eigenvalue weighted by Gasteiger charge is -2.20. The van der Waals surface area contributed by atoms with Crippen molar-refractivity contribution < 1.29 is 9.59 Å². The summed E-state index contributed by atoms with van der Waals surface area (Å²) in [5.74, 6) is -0.677. The second-order valence-electron chi connectivity index (χ2n) is 5.10. The average Bonchev–Trinajstić information content (AvgIpc) is 3.14. The Kier molecular flexibility index (Phi) is 3.14. The Balaban J connectivity index is 1.83. The highest BCUT2D eigenvalue weighted by atomic mass is 16.2. The van der Waals surface area contributed by atoms with Crippen LogP contribution < -0.4 is 16.1 Å². The molecule has 6 nitrogen and oxygen atoms in total. The number of carbonyl (C=O) groups excluding carboxylic acids is 2. The number of anilines is 1. The minimum atomic E-state index is -0.600. The summed E-state index contributed by atoms with van der Waals surface area (Å²) in [5, 5.41) is 8.69. The van der Waals surface area contributed by atoms with Crippen LogP contribution in [0.4, 0.5) is 5.69 Å². The summed E-state index contributed by atoms with van der Waals surface area (Å²) < 4.78 is 0.